The first kappa shape index (κ1) is 18.9. The molecule has 29 heavy (non-hydrogen) atoms. The number of nitrogens with two attached hydrogens (primary N) is 1. The standard InChI is InChI=1S/C22H21FN4O2/c23-19-14-25-22(26-20(19)24)29-18-10-12-27(13-11-18)21(28)17-8-6-16(7-9-17)15-4-2-1-3-5-15/h1-9,14,18H,10-13H2,(H2,24,25,26). The molecule has 3 aromatic rings. The molecule has 0 atom stereocenters. The fourth-order valence-electron chi connectivity index (χ4n) is 3.36. The summed E-state index contributed by atoms with van der Waals surface area (Å²) in [5.41, 5.74) is 8.30. The fourth-order valence-corrected chi connectivity index (χ4v) is 3.36. The second-order valence-electron chi connectivity index (χ2n) is 6.94. The maximum Gasteiger partial charge on any atom is 0.318 e. The highest BCUT2D eigenvalue weighted by atomic mass is 19.1. The minimum atomic E-state index is -0.670. The van der Waals surface area contributed by atoms with Gasteiger partial charge in [0.05, 0.1) is 6.20 Å². The average molecular weight is 392 g/mol. The van der Waals surface area contributed by atoms with E-state index < -0.39 is 5.82 Å². The van der Waals surface area contributed by atoms with Gasteiger partial charge in [0.2, 0.25) is 0 Å². The van der Waals surface area contributed by atoms with E-state index in [4.69, 9.17) is 10.5 Å². The SMILES string of the molecule is Nc1nc(OC2CCN(C(=O)c3ccc(-c4ccccc4)cc3)CC2)ncc1F. The van der Waals surface area contributed by atoms with Crippen LogP contribution in [0.5, 0.6) is 6.01 Å². The molecule has 0 saturated carbocycles. The van der Waals surface area contributed by atoms with Gasteiger partial charge in [-0.15, -0.1) is 0 Å². The Balaban J connectivity index is 1.34. The van der Waals surface area contributed by atoms with E-state index in [-0.39, 0.29) is 23.8 Å². The molecular weight excluding hydrogens is 371 g/mol. The summed E-state index contributed by atoms with van der Waals surface area (Å²) in [4.78, 5) is 22.2. The molecule has 2 aromatic carbocycles. The molecular formula is C22H21FN4O2. The van der Waals surface area contributed by atoms with Gasteiger partial charge in [0, 0.05) is 31.5 Å². The molecule has 1 fully saturated rings. The topological polar surface area (TPSA) is 81.3 Å². The molecule has 2 heterocycles. The van der Waals surface area contributed by atoms with Crippen LogP contribution in [0, 0.1) is 5.82 Å². The quantitative estimate of drug-likeness (QED) is 0.734. The Morgan fingerprint density at radius 3 is 2.34 bits per heavy atom. The van der Waals surface area contributed by atoms with Crippen LogP contribution in [0.1, 0.15) is 23.2 Å². The Bertz CT molecular complexity index is 987. The molecule has 0 unspecified atom stereocenters. The smallest absolute Gasteiger partial charge is 0.318 e. The molecule has 2 N–H and O–H groups in total. The maximum atomic E-state index is 13.2. The number of halogens is 1. The maximum absolute atomic E-state index is 13.2. The number of piperidine rings is 1. The van der Waals surface area contributed by atoms with Crippen LogP contribution in [0.25, 0.3) is 11.1 Å². The van der Waals surface area contributed by atoms with E-state index >= 15 is 0 Å². The third-order valence-corrected chi connectivity index (χ3v) is 4.99. The summed E-state index contributed by atoms with van der Waals surface area (Å²) in [5.74, 6) is -0.900. The highest BCUT2D eigenvalue weighted by molar-refractivity contribution is 5.94. The Morgan fingerprint density at radius 1 is 1.03 bits per heavy atom. The number of carbonyl (C=O) groups is 1. The minimum absolute atomic E-state index is 0.00494. The van der Waals surface area contributed by atoms with Crippen LogP contribution < -0.4 is 10.5 Å². The van der Waals surface area contributed by atoms with Crippen molar-refractivity contribution in [1.82, 2.24) is 14.9 Å². The number of rotatable bonds is 4. The number of hydrogen-bond donors (Lipinski definition) is 1. The molecule has 1 amide bonds. The number of nitrogen functional groups attached to an aromatic ring is 1. The molecule has 148 valence electrons. The van der Waals surface area contributed by atoms with E-state index in [2.05, 4.69) is 9.97 Å². The van der Waals surface area contributed by atoms with Crippen LogP contribution in [-0.4, -0.2) is 40.0 Å². The third kappa shape index (κ3) is 4.34. The lowest BCUT2D eigenvalue weighted by molar-refractivity contribution is 0.0578. The Morgan fingerprint density at radius 2 is 1.69 bits per heavy atom. The van der Waals surface area contributed by atoms with E-state index in [9.17, 15) is 9.18 Å². The number of aromatic nitrogens is 2. The van der Waals surface area contributed by atoms with Crippen molar-refractivity contribution in [3.8, 4) is 17.1 Å². The predicted octanol–water partition coefficient (Wildman–Crippen LogP) is 3.55. The first-order valence-electron chi connectivity index (χ1n) is 9.49. The van der Waals surface area contributed by atoms with Gasteiger partial charge in [-0.25, -0.2) is 9.37 Å². The number of benzene rings is 2. The molecule has 1 saturated heterocycles. The van der Waals surface area contributed by atoms with Crippen molar-refractivity contribution in [2.45, 2.75) is 18.9 Å². The molecule has 0 radical (unpaired) electrons. The van der Waals surface area contributed by atoms with Crippen molar-refractivity contribution in [3.63, 3.8) is 0 Å². The number of nitrogens with zero attached hydrogens (tertiary/aromatic N) is 3. The molecule has 7 heteroatoms. The van der Waals surface area contributed by atoms with Crippen molar-refractivity contribution in [3.05, 3.63) is 72.2 Å². The fraction of sp³-hybridized carbons (Fsp3) is 0.227. The second-order valence-corrected chi connectivity index (χ2v) is 6.94. The number of amides is 1. The van der Waals surface area contributed by atoms with Gasteiger partial charge in [0.1, 0.15) is 6.10 Å². The molecule has 6 nitrogen and oxygen atoms in total. The molecule has 1 aliphatic heterocycles. The first-order chi connectivity index (χ1) is 14.1. The molecule has 1 aliphatic rings. The van der Waals surface area contributed by atoms with Gasteiger partial charge < -0.3 is 15.4 Å². The lowest BCUT2D eigenvalue weighted by atomic mass is 10.0. The van der Waals surface area contributed by atoms with Gasteiger partial charge in [-0.05, 0) is 23.3 Å². The highest BCUT2D eigenvalue weighted by Crippen LogP contribution is 2.22. The van der Waals surface area contributed by atoms with E-state index in [0.29, 0.717) is 31.5 Å². The predicted molar refractivity (Wildman–Crippen MR) is 108 cm³/mol. The third-order valence-electron chi connectivity index (χ3n) is 4.99. The van der Waals surface area contributed by atoms with Crippen LogP contribution in [0.4, 0.5) is 10.2 Å². The monoisotopic (exact) mass is 392 g/mol. The van der Waals surface area contributed by atoms with Gasteiger partial charge >= 0.3 is 6.01 Å². The summed E-state index contributed by atoms with van der Waals surface area (Å²) in [6, 6.07) is 17.8. The average Bonchev–Trinajstić information content (AvgIpc) is 2.77. The van der Waals surface area contributed by atoms with Gasteiger partial charge in [-0.2, -0.15) is 4.98 Å². The van der Waals surface area contributed by atoms with E-state index in [1.54, 1.807) is 0 Å². The largest absolute Gasteiger partial charge is 0.460 e. The van der Waals surface area contributed by atoms with Crippen molar-refractivity contribution >= 4 is 11.7 Å². The van der Waals surface area contributed by atoms with Gasteiger partial charge in [-0.3, -0.25) is 4.79 Å². The zero-order valence-electron chi connectivity index (χ0n) is 15.8. The van der Waals surface area contributed by atoms with Crippen molar-refractivity contribution < 1.29 is 13.9 Å². The highest BCUT2D eigenvalue weighted by Gasteiger charge is 2.25. The summed E-state index contributed by atoms with van der Waals surface area (Å²) in [5, 5.41) is 0. The van der Waals surface area contributed by atoms with Gasteiger partial charge in [0.15, 0.2) is 11.6 Å². The number of hydrogen-bond acceptors (Lipinski definition) is 5. The molecule has 4 rings (SSSR count). The lowest BCUT2D eigenvalue weighted by Gasteiger charge is -2.31. The van der Waals surface area contributed by atoms with Crippen molar-refractivity contribution in [2.75, 3.05) is 18.8 Å². The van der Waals surface area contributed by atoms with Crippen molar-refractivity contribution in [1.29, 1.82) is 0 Å². The normalized spacial score (nSPS) is 14.6. The summed E-state index contributed by atoms with van der Waals surface area (Å²) in [6.45, 7) is 1.14. The molecule has 0 bridgehead atoms. The summed E-state index contributed by atoms with van der Waals surface area (Å²) >= 11 is 0. The Hall–Kier alpha value is -3.48. The lowest BCUT2D eigenvalue weighted by Crippen LogP contribution is -2.41. The number of likely N-dealkylation sites (tertiary alicyclic amines) is 1. The first-order valence-corrected chi connectivity index (χ1v) is 9.49. The number of carbonyl (C=O) groups excluding carboxylic acids is 1. The van der Waals surface area contributed by atoms with E-state index in [1.165, 1.54) is 0 Å². The number of ether oxygens (including phenoxy) is 1. The van der Waals surface area contributed by atoms with Crippen LogP contribution in [0.3, 0.4) is 0 Å². The van der Waals surface area contributed by atoms with Crippen LogP contribution >= 0.6 is 0 Å². The Kier molecular flexibility index (Phi) is 5.37. The van der Waals surface area contributed by atoms with E-state index in [0.717, 1.165) is 17.3 Å². The summed E-state index contributed by atoms with van der Waals surface area (Å²) in [7, 11) is 0. The zero-order valence-corrected chi connectivity index (χ0v) is 15.8. The summed E-state index contributed by atoms with van der Waals surface area (Å²) < 4.78 is 18.8. The molecule has 0 spiro atoms. The minimum Gasteiger partial charge on any atom is -0.460 e. The van der Waals surface area contributed by atoms with Crippen LogP contribution in [0.2, 0.25) is 0 Å². The summed E-state index contributed by atoms with van der Waals surface area (Å²) in [6.07, 6.45) is 2.16. The van der Waals surface area contributed by atoms with Gasteiger partial charge in [-0.1, -0.05) is 42.5 Å². The second kappa shape index (κ2) is 8.26. The van der Waals surface area contributed by atoms with Crippen molar-refractivity contribution in [2.24, 2.45) is 0 Å². The zero-order chi connectivity index (χ0) is 20.2. The number of anilines is 1. The van der Waals surface area contributed by atoms with E-state index in [1.807, 2.05) is 59.5 Å². The van der Waals surface area contributed by atoms with Crippen LogP contribution in [0.15, 0.2) is 60.8 Å². The molecule has 0 aliphatic carbocycles. The van der Waals surface area contributed by atoms with Crippen LogP contribution in [-0.2, 0) is 0 Å². The Labute approximate surface area is 168 Å². The van der Waals surface area contributed by atoms with Gasteiger partial charge in [0.25, 0.3) is 5.91 Å². The molecule has 1 aromatic heterocycles.